The van der Waals surface area contributed by atoms with Gasteiger partial charge in [0.2, 0.25) is 0 Å². The Balaban J connectivity index is 2.61. The first-order chi connectivity index (χ1) is 9.88. The number of halogens is 4. The summed E-state index contributed by atoms with van der Waals surface area (Å²) in [6.07, 6.45) is 0.881. The van der Waals surface area contributed by atoms with Gasteiger partial charge in [-0.1, -0.05) is 19.1 Å². The lowest BCUT2D eigenvalue weighted by Crippen LogP contribution is -2.02. The molecule has 0 bridgehead atoms. The number of hydrogen-bond acceptors (Lipinski definition) is 2. The molecule has 2 aromatic rings. The molecule has 112 valence electrons. The van der Waals surface area contributed by atoms with E-state index < -0.39 is 0 Å². The van der Waals surface area contributed by atoms with Gasteiger partial charge in [0.25, 0.3) is 0 Å². The average Bonchev–Trinajstić information content (AvgIpc) is 2.47. The zero-order chi connectivity index (χ0) is 15.7. The third kappa shape index (κ3) is 3.33. The molecule has 2 nitrogen and oxygen atoms in total. The summed E-state index contributed by atoms with van der Waals surface area (Å²) < 4.78 is 2.97. The van der Waals surface area contributed by atoms with Crippen molar-refractivity contribution >= 4 is 63.7 Å². The van der Waals surface area contributed by atoms with Gasteiger partial charge in [-0.3, -0.25) is 0 Å². The molecular weight excluding hydrogens is 532 g/mol. The molecule has 21 heavy (non-hydrogen) atoms. The minimum absolute atomic E-state index is 0.127. The molecule has 0 fully saturated rings. The molecule has 0 unspecified atom stereocenters. The zero-order valence-electron chi connectivity index (χ0n) is 11.0. The summed E-state index contributed by atoms with van der Waals surface area (Å²) in [6.45, 7) is 2.10. The number of phenolic OH excluding ortho intramolecular Hbond substituents is 2. The summed E-state index contributed by atoms with van der Waals surface area (Å²) in [7, 11) is 0. The molecule has 0 aliphatic carbocycles. The fourth-order valence-corrected chi connectivity index (χ4v) is 4.20. The van der Waals surface area contributed by atoms with Crippen LogP contribution in [0.4, 0.5) is 0 Å². The van der Waals surface area contributed by atoms with E-state index in [2.05, 4.69) is 70.6 Å². The highest BCUT2D eigenvalue weighted by atomic mass is 79.9. The van der Waals surface area contributed by atoms with Gasteiger partial charge < -0.3 is 10.2 Å². The van der Waals surface area contributed by atoms with Crippen LogP contribution in [0.2, 0.25) is 0 Å². The topological polar surface area (TPSA) is 40.5 Å². The second kappa shape index (κ2) is 7.02. The van der Waals surface area contributed by atoms with Gasteiger partial charge in [0, 0.05) is 14.9 Å². The van der Waals surface area contributed by atoms with E-state index in [1.165, 1.54) is 0 Å². The first kappa shape index (κ1) is 17.3. The molecule has 0 heterocycles. The van der Waals surface area contributed by atoms with Crippen molar-refractivity contribution in [1.82, 2.24) is 0 Å². The zero-order valence-corrected chi connectivity index (χ0v) is 17.3. The van der Waals surface area contributed by atoms with E-state index in [1.54, 1.807) is 12.1 Å². The van der Waals surface area contributed by atoms with Crippen LogP contribution >= 0.6 is 63.7 Å². The first-order valence-electron chi connectivity index (χ1n) is 6.22. The molecule has 0 spiro atoms. The summed E-state index contributed by atoms with van der Waals surface area (Å²) in [5.41, 5.74) is 2.14. The van der Waals surface area contributed by atoms with E-state index >= 15 is 0 Å². The van der Waals surface area contributed by atoms with Crippen LogP contribution in [0.5, 0.6) is 11.5 Å². The van der Waals surface area contributed by atoms with Gasteiger partial charge in [0.1, 0.15) is 11.5 Å². The molecule has 0 aromatic heterocycles. The highest BCUT2D eigenvalue weighted by molar-refractivity contribution is 9.13. The Kier molecular flexibility index (Phi) is 5.79. The molecule has 6 heteroatoms. The number of hydrogen-bond donors (Lipinski definition) is 2. The van der Waals surface area contributed by atoms with Crippen LogP contribution in [0, 0.1) is 0 Å². The van der Waals surface area contributed by atoms with Crippen LogP contribution in [0.15, 0.2) is 42.2 Å². The smallest absolute Gasteiger partial charge is 0.130 e. The van der Waals surface area contributed by atoms with Gasteiger partial charge in [-0.25, -0.2) is 0 Å². The maximum Gasteiger partial charge on any atom is 0.130 e. The Morgan fingerprint density at radius 2 is 1.14 bits per heavy atom. The summed E-state index contributed by atoms with van der Waals surface area (Å²) in [6, 6.07) is 7.17. The van der Waals surface area contributed by atoms with Crippen molar-refractivity contribution in [3.63, 3.8) is 0 Å². The number of benzene rings is 2. The van der Waals surface area contributed by atoms with Crippen molar-refractivity contribution in [2.45, 2.75) is 19.3 Å². The third-order valence-electron chi connectivity index (χ3n) is 3.34. The van der Waals surface area contributed by atoms with Crippen molar-refractivity contribution in [3.05, 3.63) is 53.3 Å². The summed E-state index contributed by atoms with van der Waals surface area (Å²) in [5, 5.41) is 19.5. The molecule has 0 atom stereocenters. The second-order valence-corrected chi connectivity index (χ2v) is 7.74. The van der Waals surface area contributed by atoms with Crippen LogP contribution in [0.3, 0.4) is 0 Å². The Morgan fingerprint density at radius 1 is 0.762 bits per heavy atom. The molecule has 0 aliphatic heterocycles. The largest absolute Gasteiger partial charge is 0.507 e. The van der Waals surface area contributed by atoms with Crippen molar-refractivity contribution in [2.24, 2.45) is 0 Å². The van der Waals surface area contributed by atoms with E-state index in [4.69, 9.17) is 0 Å². The molecule has 0 saturated carbocycles. The monoisotopic (exact) mass is 540 g/mol. The predicted molar refractivity (Wildman–Crippen MR) is 99.1 cm³/mol. The van der Waals surface area contributed by atoms with Gasteiger partial charge >= 0.3 is 0 Å². The van der Waals surface area contributed by atoms with Crippen molar-refractivity contribution in [1.29, 1.82) is 0 Å². The highest BCUT2D eigenvalue weighted by Crippen LogP contribution is 2.45. The molecule has 0 aliphatic rings. The van der Waals surface area contributed by atoms with Crippen LogP contribution < -0.4 is 0 Å². The average molecular weight is 544 g/mol. The number of aromatic hydroxyl groups is 2. The minimum Gasteiger partial charge on any atom is -0.507 e. The van der Waals surface area contributed by atoms with Gasteiger partial charge in [-0.05, 0) is 93.4 Å². The Morgan fingerprint density at radius 3 is 1.48 bits per heavy atom. The minimum atomic E-state index is 0.127. The highest BCUT2D eigenvalue weighted by Gasteiger charge is 2.22. The van der Waals surface area contributed by atoms with Gasteiger partial charge in [-0.15, -0.1) is 0 Å². The standard InChI is InChI=1S/C15H12Br4O2/c1-2-7(8-3-5-10(20)14(18)12(8)16)9-4-6-11(21)15(19)13(9)17/h3-7,20-21H,2H2,1H3. The molecule has 2 aromatic carbocycles. The quantitative estimate of drug-likeness (QED) is 0.453. The predicted octanol–water partition coefficient (Wildman–Crippen LogP) is 6.69. The molecule has 0 radical (unpaired) electrons. The van der Waals surface area contributed by atoms with Gasteiger partial charge in [-0.2, -0.15) is 0 Å². The molecule has 2 rings (SSSR count). The Bertz CT molecular complexity index is 628. The lowest BCUT2D eigenvalue weighted by molar-refractivity contribution is 0.471. The van der Waals surface area contributed by atoms with Crippen LogP contribution in [-0.4, -0.2) is 10.2 Å². The molecule has 0 saturated heterocycles. The molecule has 0 amide bonds. The van der Waals surface area contributed by atoms with Crippen LogP contribution in [-0.2, 0) is 0 Å². The summed E-state index contributed by atoms with van der Waals surface area (Å²) in [4.78, 5) is 0. The maximum atomic E-state index is 9.76. The fourth-order valence-electron chi connectivity index (χ4n) is 2.25. The first-order valence-corrected chi connectivity index (χ1v) is 9.39. The lowest BCUT2D eigenvalue weighted by atomic mass is 9.89. The van der Waals surface area contributed by atoms with E-state index in [0.717, 1.165) is 26.5 Å². The third-order valence-corrected chi connectivity index (χ3v) is 7.72. The second-order valence-electron chi connectivity index (χ2n) is 4.56. The Labute approximate surface area is 157 Å². The summed E-state index contributed by atoms with van der Waals surface area (Å²) >= 11 is 13.9. The fraction of sp³-hybridized carbons (Fsp3) is 0.200. The number of phenols is 2. The van der Waals surface area contributed by atoms with Crippen LogP contribution in [0.1, 0.15) is 30.4 Å². The van der Waals surface area contributed by atoms with Crippen molar-refractivity contribution < 1.29 is 10.2 Å². The molecular formula is C15H12Br4O2. The lowest BCUT2D eigenvalue weighted by Gasteiger charge is -2.21. The SMILES string of the molecule is CCC(c1ccc(O)c(Br)c1Br)c1ccc(O)c(Br)c1Br. The Hall–Kier alpha value is -0.0400. The summed E-state index contributed by atoms with van der Waals surface area (Å²) in [5.74, 6) is 0.528. The van der Waals surface area contributed by atoms with Crippen LogP contribution in [0.25, 0.3) is 0 Å². The van der Waals surface area contributed by atoms with Gasteiger partial charge in [0.15, 0.2) is 0 Å². The number of rotatable bonds is 3. The van der Waals surface area contributed by atoms with Crippen molar-refractivity contribution in [2.75, 3.05) is 0 Å². The normalized spacial score (nSPS) is 11.1. The van der Waals surface area contributed by atoms with E-state index in [9.17, 15) is 10.2 Å². The van der Waals surface area contributed by atoms with E-state index in [1.807, 2.05) is 12.1 Å². The molecule has 2 N–H and O–H groups in total. The van der Waals surface area contributed by atoms with Crippen molar-refractivity contribution in [3.8, 4) is 11.5 Å². The van der Waals surface area contributed by atoms with E-state index in [0.29, 0.717) is 8.95 Å². The van der Waals surface area contributed by atoms with Gasteiger partial charge in [0.05, 0.1) is 8.95 Å². The van der Waals surface area contributed by atoms with E-state index in [-0.39, 0.29) is 17.4 Å². The maximum absolute atomic E-state index is 9.76.